The summed E-state index contributed by atoms with van der Waals surface area (Å²) in [4.78, 5) is 8.30. The largest absolute Gasteiger partial charge is 0.484 e. The van der Waals surface area contributed by atoms with Crippen molar-refractivity contribution >= 4 is 39.1 Å². The van der Waals surface area contributed by atoms with Gasteiger partial charge in [0.05, 0.1) is 5.02 Å². The van der Waals surface area contributed by atoms with E-state index in [0.717, 1.165) is 10.2 Å². The maximum absolute atomic E-state index is 6.04. The lowest BCUT2D eigenvalue weighted by atomic mass is 10.3. The molecule has 0 fully saturated rings. The van der Waals surface area contributed by atoms with Crippen LogP contribution in [-0.2, 0) is 6.61 Å². The van der Waals surface area contributed by atoms with Crippen molar-refractivity contribution in [1.29, 1.82) is 0 Å². The molecule has 0 bridgehead atoms. The zero-order valence-electron chi connectivity index (χ0n) is 9.45. The van der Waals surface area contributed by atoms with Gasteiger partial charge in [0.1, 0.15) is 17.5 Å². The molecule has 18 heavy (non-hydrogen) atoms. The Morgan fingerprint density at radius 2 is 2.00 bits per heavy atom. The van der Waals surface area contributed by atoms with Crippen molar-refractivity contribution < 1.29 is 4.74 Å². The summed E-state index contributed by atoms with van der Waals surface area (Å²) in [7, 11) is 0. The molecule has 2 rings (SSSR count). The molecular weight excluding hydrogens is 339 g/mol. The van der Waals surface area contributed by atoms with E-state index in [2.05, 4.69) is 25.9 Å². The Labute approximate surface area is 123 Å². The van der Waals surface area contributed by atoms with Crippen molar-refractivity contribution in [2.24, 2.45) is 0 Å². The number of aromatic nitrogens is 2. The Hall–Kier alpha value is -0.840. The Kier molecular flexibility index (Phi) is 4.43. The van der Waals surface area contributed by atoms with E-state index in [1.165, 1.54) is 0 Å². The highest BCUT2D eigenvalue weighted by molar-refractivity contribution is 9.10. The fourth-order valence-corrected chi connectivity index (χ4v) is 2.37. The lowest BCUT2D eigenvalue weighted by Crippen LogP contribution is -2.03. The monoisotopic (exact) mass is 346 g/mol. The first kappa shape index (κ1) is 13.6. The highest BCUT2D eigenvalue weighted by Gasteiger charge is 2.05. The molecule has 3 nitrogen and oxygen atoms in total. The second-order valence-corrected chi connectivity index (χ2v) is 5.32. The highest BCUT2D eigenvalue weighted by Crippen LogP contribution is 2.28. The molecule has 1 aromatic carbocycles. The molecule has 6 heteroatoms. The van der Waals surface area contributed by atoms with Crippen LogP contribution in [0.3, 0.4) is 0 Å². The fourth-order valence-electron chi connectivity index (χ4n) is 1.39. The Morgan fingerprint density at radius 1 is 1.22 bits per heavy atom. The molecule has 0 radical (unpaired) electrons. The number of benzene rings is 1. The van der Waals surface area contributed by atoms with Crippen LogP contribution in [0.5, 0.6) is 5.75 Å². The third-order valence-corrected chi connectivity index (χ3v) is 3.10. The average molecular weight is 348 g/mol. The van der Waals surface area contributed by atoms with Gasteiger partial charge in [0.2, 0.25) is 0 Å². The van der Waals surface area contributed by atoms with Crippen molar-refractivity contribution in [1.82, 2.24) is 9.97 Å². The van der Waals surface area contributed by atoms with Gasteiger partial charge in [0, 0.05) is 10.2 Å². The molecule has 0 aliphatic heterocycles. The molecule has 0 saturated carbocycles. The molecule has 0 aliphatic carbocycles. The summed E-state index contributed by atoms with van der Waals surface area (Å²) in [5.41, 5.74) is 0.801. The lowest BCUT2D eigenvalue weighted by molar-refractivity contribution is 0.295. The number of nitrogens with zero attached hydrogens (tertiary/aromatic N) is 2. The number of ether oxygens (including phenoxy) is 1. The minimum atomic E-state index is 0.225. The van der Waals surface area contributed by atoms with E-state index in [0.29, 0.717) is 21.7 Å². The predicted molar refractivity (Wildman–Crippen MR) is 75.3 cm³/mol. The van der Waals surface area contributed by atoms with Crippen LogP contribution in [0, 0.1) is 6.92 Å². The van der Waals surface area contributed by atoms with Gasteiger partial charge in [-0.2, -0.15) is 0 Å². The van der Waals surface area contributed by atoms with E-state index in [1.807, 2.05) is 13.0 Å². The third kappa shape index (κ3) is 3.57. The van der Waals surface area contributed by atoms with Crippen LogP contribution in [0.25, 0.3) is 0 Å². The molecule has 0 aliphatic rings. The second-order valence-electron chi connectivity index (χ2n) is 3.61. The minimum Gasteiger partial charge on any atom is -0.484 e. The van der Waals surface area contributed by atoms with Crippen LogP contribution >= 0.6 is 39.1 Å². The topological polar surface area (TPSA) is 35.0 Å². The Balaban J connectivity index is 2.11. The van der Waals surface area contributed by atoms with Crippen molar-refractivity contribution in [3.05, 3.63) is 50.4 Å². The smallest absolute Gasteiger partial charge is 0.167 e. The summed E-state index contributed by atoms with van der Waals surface area (Å²) in [5.74, 6) is 1.11. The van der Waals surface area contributed by atoms with Crippen molar-refractivity contribution in [3.8, 4) is 5.75 Å². The molecular formula is C12H9BrCl2N2O. The summed E-state index contributed by atoms with van der Waals surface area (Å²) >= 11 is 15.2. The maximum atomic E-state index is 6.04. The van der Waals surface area contributed by atoms with Gasteiger partial charge in [-0.15, -0.1) is 0 Å². The number of aryl methyl sites for hydroxylation is 1. The van der Waals surface area contributed by atoms with Crippen LogP contribution in [0.4, 0.5) is 0 Å². The molecule has 0 spiro atoms. The van der Waals surface area contributed by atoms with Gasteiger partial charge < -0.3 is 4.74 Å². The lowest BCUT2D eigenvalue weighted by Gasteiger charge is -2.08. The molecule has 0 N–H and O–H groups in total. The molecule has 1 heterocycles. The zero-order valence-corrected chi connectivity index (χ0v) is 12.6. The van der Waals surface area contributed by atoms with E-state index in [1.54, 1.807) is 18.2 Å². The SMILES string of the molecule is Cc1cc(Cl)nc(COc2ccc(Br)cc2Cl)n1. The summed E-state index contributed by atoms with van der Waals surface area (Å²) < 4.78 is 6.45. The summed E-state index contributed by atoms with van der Waals surface area (Å²) in [6.07, 6.45) is 0. The van der Waals surface area contributed by atoms with E-state index < -0.39 is 0 Å². The van der Waals surface area contributed by atoms with E-state index >= 15 is 0 Å². The van der Waals surface area contributed by atoms with Gasteiger partial charge in [0.15, 0.2) is 5.82 Å². The number of rotatable bonds is 3. The number of halogens is 3. The summed E-state index contributed by atoms with van der Waals surface area (Å²) in [6, 6.07) is 7.09. The summed E-state index contributed by atoms with van der Waals surface area (Å²) in [5, 5.41) is 0.936. The normalized spacial score (nSPS) is 10.4. The van der Waals surface area contributed by atoms with Gasteiger partial charge in [-0.25, -0.2) is 9.97 Å². The minimum absolute atomic E-state index is 0.225. The van der Waals surface area contributed by atoms with Gasteiger partial charge in [-0.05, 0) is 31.2 Å². The molecule has 2 aromatic rings. The third-order valence-electron chi connectivity index (χ3n) is 2.12. The van der Waals surface area contributed by atoms with Crippen molar-refractivity contribution in [2.75, 3.05) is 0 Å². The van der Waals surface area contributed by atoms with Crippen LogP contribution < -0.4 is 4.74 Å². The van der Waals surface area contributed by atoms with Crippen LogP contribution in [0.15, 0.2) is 28.7 Å². The first-order valence-electron chi connectivity index (χ1n) is 5.12. The number of hydrogen-bond acceptors (Lipinski definition) is 3. The van der Waals surface area contributed by atoms with Crippen LogP contribution in [-0.4, -0.2) is 9.97 Å². The highest BCUT2D eigenvalue weighted by atomic mass is 79.9. The predicted octanol–water partition coefficient (Wildman–Crippen LogP) is 4.43. The molecule has 1 aromatic heterocycles. The van der Waals surface area contributed by atoms with Crippen molar-refractivity contribution in [2.45, 2.75) is 13.5 Å². The van der Waals surface area contributed by atoms with E-state index in [4.69, 9.17) is 27.9 Å². The first-order chi connectivity index (χ1) is 8.54. The van der Waals surface area contributed by atoms with Gasteiger partial charge in [-0.1, -0.05) is 39.1 Å². The molecule has 0 unspecified atom stereocenters. The van der Waals surface area contributed by atoms with E-state index in [9.17, 15) is 0 Å². The standard InChI is InChI=1S/C12H9BrCl2N2O/c1-7-4-11(15)17-12(16-7)6-18-10-3-2-8(13)5-9(10)14/h2-5H,6H2,1H3. The van der Waals surface area contributed by atoms with Gasteiger partial charge in [-0.3, -0.25) is 0 Å². The second kappa shape index (κ2) is 5.87. The molecule has 0 amide bonds. The quantitative estimate of drug-likeness (QED) is 0.770. The first-order valence-corrected chi connectivity index (χ1v) is 6.67. The molecule has 0 saturated heterocycles. The zero-order chi connectivity index (χ0) is 13.1. The molecule has 94 valence electrons. The fraction of sp³-hybridized carbons (Fsp3) is 0.167. The van der Waals surface area contributed by atoms with Gasteiger partial charge in [0.25, 0.3) is 0 Å². The average Bonchev–Trinajstić information content (AvgIpc) is 2.26. The van der Waals surface area contributed by atoms with E-state index in [-0.39, 0.29) is 6.61 Å². The maximum Gasteiger partial charge on any atom is 0.167 e. The number of hydrogen-bond donors (Lipinski definition) is 0. The van der Waals surface area contributed by atoms with Crippen LogP contribution in [0.2, 0.25) is 10.2 Å². The van der Waals surface area contributed by atoms with Crippen LogP contribution in [0.1, 0.15) is 11.5 Å². The van der Waals surface area contributed by atoms with Gasteiger partial charge >= 0.3 is 0 Å². The Bertz CT molecular complexity index is 558. The van der Waals surface area contributed by atoms with Crippen molar-refractivity contribution in [3.63, 3.8) is 0 Å². The Morgan fingerprint density at radius 3 is 2.67 bits per heavy atom. The summed E-state index contributed by atoms with van der Waals surface area (Å²) in [6.45, 7) is 2.08. The molecule has 0 atom stereocenters.